The lowest BCUT2D eigenvalue weighted by Crippen LogP contribution is -2.26. The third-order valence-corrected chi connectivity index (χ3v) is 3.62. The van der Waals surface area contributed by atoms with E-state index in [1.165, 1.54) is 11.1 Å². The number of carbonyl (C=O) groups excluding carboxylic acids is 1. The van der Waals surface area contributed by atoms with Gasteiger partial charge in [-0.3, -0.25) is 4.79 Å². The van der Waals surface area contributed by atoms with Crippen molar-refractivity contribution in [3.05, 3.63) is 35.4 Å². The van der Waals surface area contributed by atoms with Crippen LogP contribution < -0.4 is 11.1 Å². The van der Waals surface area contributed by atoms with Crippen LogP contribution in [0.4, 0.5) is 0 Å². The molecular weight excluding hydrogens is 284 g/mol. The quantitative estimate of drug-likeness (QED) is 0.682. The molecule has 0 aliphatic rings. The number of hydrogen-bond donors (Lipinski definition) is 2. The van der Waals surface area contributed by atoms with Crippen LogP contribution in [0.2, 0.25) is 0 Å². The highest BCUT2D eigenvalue weighted by Crippen LogP contribution is 2.14. The minimum absolute atomic E-state index is 0. The number of rotatable bonds is 9. The van der Waals surface area contributed by atoms with Gasteiger partial charge in [-0.25, -0.2) is 0 Å². The third-order valence-electron chi connectivity index (χ3n) is 3.62. The van der Waals surface area contributed by atoms with Gasteiger partial charge in [-0.15, -0.1) is 12.4 Å². The van der Waals surface area contributed by atoms with Gasteiger partial charge in [0.05, 0.1) is 6.04 Å². The van der Waals surface area contributed by atoms with E-state index in [0.29, 0.717) is 6.42 Å². The number of carbonyl (C=O) groups is 1. The van der Waals surface area contributed by atoms with E-state index in [0.717, 1.165) is 38.6 Å². The number of amides is 1. The van der Waals surface area contributed by atoms with Gasteiger partial charge in [-0.05, 0) is 43.9 Å². The molecule has 1 rings (SSSR count). The summed E-state index contributed by atoms with van der Waals surface area (Å²) in [6, 6.07) is 8.54. The molecule has 0 aromatic heterocycles. The van der Waals surface area contributed by atoms with Crippen molar-refractivity contribution in [3.8, 4) is 0 Å². The van der Waals surface area contributed by atoms with Crippen LogP contribution >= 0.6 is 12.4 Å². The van der Waals surface area contributed by atoms with Gasteiger partial charge in [0.15, 0.2) is 0 Å². The van der Waals surface area contributed by atoms with Crippen molar-refractivity contribution in [2.24, 2.45) is 5.73 Å². The molecule has 0 saturated carbocycles. The fraction of sp³-hybridized carbons (Fsp3) is 0.588. The standard InChI is InChI=1S/C17H28N2O.ClH/c1-3-15-9-11-16(12-10-15)14(2)19-17(20)8-6-4-5-7-13-18;/h9-12,14H,3-8,13,18H2,1-2H3,(H,19,20);1H. The second-order valence-corrected chi connectivity index (χ2v) is 5.34. The summed E-state index contributed by atoms with van der Waals surface area (Å²) in [4.78, 5) is 11.8. The lowest BCUT2D eigenvalue weighted by atomic mass is 10.0. The molecule has 0 heterocycles. The molecule has 21 heavy (non-hydrogen) atoms. The van der Waals surface area contributed by atoms with Gasteiger partial charge < -0.3 is 11.1 Å². The van der Waals surface area contributed by atoms with E-state index < -0.39 is 0 Å². The summed E-state index contributed by atoms with van der Waals surface area (Å²) in [5.74, 6) is 0.143. The second kappa shape index (κ2) is 11.6. The van der Waals surface area contributed by atoms with Gasteiger partial charge >= 0.3 is 0 Å². The molecule has 120 valence electrons. The summed E-state index contributed by atoms with van der Waals surface area (Å²) < 4.78 is 0. The van der Waals surface area contributed by atoms with Crippen molar-refractivity contribution >= 4 is 18.3 Å². The molecule has 3 nitrogen and oxygen atoms in total. The molecule has 1 atom stereocenters. The minimum Gasteiger partial charge on any atom is -0.350 e. The predicted molar refractivity (Wildman–Crippen MR) is 91.8 cm³/mol. The Balaban J connectivity index is 0.00000400. The Morgan fingerprint density at radius 1 is 1.14 bits per heavy atom. The number of aryl methyl sites for hydroxylation is 1. The molecule has 4 heteroatoms. The zero-order valence-electron chi connectivity index (χ0n) is 13.2. The van der Waals surface area contributed by atoms with E-state index in [9.17, 15) is 4.79 Å². The summed E-state index contributed by atoms with van der Waals surface area (Å²) in [5.41, 5.74) is 7.93. The average Bonchev–Trinajstić information content (AvgIpc) is 2.47. The topological polar surface area (TPSA) is 55.1 Å². The van der Waals surface area contributed by atoms with Crippen LogP contribution in [0.15, 0.2) is 24.3 Å². The van der Waals surface area contributed by atoms with Crippen molar-refractivity contribution in [1.29, 1.82) is 0 Å². The fourth-order valence-corrected chi connectivity index (χ4v) is 2.22. The zero-order chi connectivity index (χ0) is 14.8. The first kappa shape index (κ1) is 19.9. The summed E-state index contributed by atoms with van der Waals surface area (Å²) in [6.07, 6.45) is 5.88. The van der Waals surface area contributed by atoms with Crippen molar-refractivity contribution in [3.63, 3.8) is 0 Å². The number of halogens is 1. The highest BCUT2D eigenvalue weighted by molar-refractivity contribution is 5.85. The van der Waals surface area contributed by atoms with Crippen LogP contribution in [-0.2, 0) is 11.2 Å². The van der Waals surface area contributed by atoms with E-state index in [2.05, 4.69) is 36.5 Å². The molecule has 1 amide bonds. The lowest BCUT2D eigenvalue weighted by Gasteiger charge is -2.14. The van der Waals surface area contributed by atoms with Gasteiger partial charge in [-0.2, -0.15) is 0 Å². The van der Waals surface area contributed by atoms with Crippen molar-refractivity contribution in [2.75, 3.05) is 6.54 Å². The zero-order valence-corrected chi connectivity index (χ0v) is 14.0. The molecule has 0 saturated heterocycles. The molecule has 0 fully saturated rings. The van der Waals surface area contributed by atoms with Crippen LogP contribution in [0.1, 0.15) is 63.1 Å². The maximum Gasteiger partial charge on any atom is 0.220 e. The van der Waals surface area contributed by atoms with Crippen LogP contribution in [0.25, 0.3) is 0 Å². The molecule has 0 bridgehead atoms. The fourth-order valence-electron chi connectivity index (χ4n) is 2.22. The Hall–Kier alpha value is -1.06. The summed E-state index contributed by atoms with van der Waals surface area (Å²) in [6.45, 7) is 4.93. The summed E-state index contributed by atoms with van der Waals surface area (Å²) in [7, 11) is 0. The Bertz CT molecular complexity index is 392. The number of hydrogen-bond acceptors (Lipinski definition) is 2. The number of nitrogens with two attached hydrogens (primary N) is 1. The first-order valence-electron chi connectivity index (χ1n) is 7.75. The van der Waals surface area contributed by atoms with Gasteiger partial charge in [0.25, 0.3) is 0 Å². The maximum absolute atomic E-state index is 11.8. The predicted octanol–water partition coefficient (Wildman–Crippen LogP) is 3.76. The van der Waals surface area contributed by atoms with E-state index in [1.807, 2.05) is 6.92 Å². The molecule has 3 N–H and O–H groups in total. The monoisotopic (exact) mass is 312 g/mol. The highest BCUT2D eigenvalue weighted by Gasteiger charge is 2.09. The van der Waals surface area contributed by atoms with E-state index in [4.69, 9.17) is 5.73 Å². The minimum atomic E-state index is 0. The maximum atomic E-state index is 11.8. The second-order valence-electron chi connectivity index (χ2n) is 5.34. The number of unbranched alkanes of at least 4 members (excludes halogenated alkanes) is 3. The Labute approximate surface area is 135 Å². The molecule has 0 spiro atoms. The molecule has 0 aliphatic carbocycles. The van der Waals surface area contributed by atoms with E-state index in [1.54, 1.807) is 0 Å². The van der Waals surface area contributed by atoms with E-state index in [-0.39, 0.29) is 24.4 Å². The van der Waals surface area contributed by atoms with Crippen LogP contribution in [0.3, 0.4) is 0 Å². The molecule has 1 unspecified atom stereocenters. The molecular formula is C17H29ClN2O. The van der Waals surface area contributed by atoms with Gasteiger partial charge in [0.1, 0.15) is 0 Å². The molecule has 1 aromatic carbocycles. The first-order valence-corrected chi connectivity index (χ1v) is 7.75. The SMILES string of the molecule is CCc1ccc(C(C)NC(=O)CCCCCCN)cc1.Cl. The largest absolute Gasteiger partial charge is 0.350 e. The number of nitrogens with one attached hydrogen (secondary N) is 1. The van der Waals surface area contributed by atoms with Crippen LogP contribution in [-0.4, -0.2) is 12.5 Å². The Morgan fingerprint density at radius 3 is 2.33 bits per heavy atom. The first-order chi connectivity index (χ1) is 9.67. The van der Waals surface area contributed by atoms with Crippen LogP contribution in [0, 0.1) is 0 Å². The highest BCUT2D eigenvalue weighted by atomic mass is 35.5. The van der Waals surface area contributed by atoms with Gasteiger partial charge in [-0.1, -0.05) is 44.0 Å². The van der Waals surface area contributed by atoms with Gasteiger partial charge in [0, 0.05) is 6.42 Å². The molecule has 0 radical (unpaired) electrons. The Kier molecular flexibility index (Phi) is 11.0. The Morgan fingerprint density at radius 2 is 1.76 bits per heavy atom. The van der Waals surface area contributed by atoms with Crippen molar-refractivity contribution in [1.82, 2.24) is 5.32 Å². The molecule has 1 aromatic rings. The average molecular weight is 313 g/mol. The van der Waals surface area contributed by atoms with E-state index >= 15 is 0 Å². The normalized spacial score (nSPS) is 11.6. The third kappa shape index (κ3) is 8.08. The van der Waals surface area contributed by atoms with Gasteiger partial charge in [0.2, 0.25) is 5.91 Å². The van der Waals surface area contributed by atoms with Crippen molar-refractivity contribution in [2.45, 2.75) is 58.4 Å². The van der Waals surface area contributed by atoms with Crippen molar-refractivity contribution < 1.29 is 4.79 Å². The van der Waals surface area contributed by atoms with Crippen LogP contribution in [0.5, 0.6) is 0 Å². The summed E-state index contributed by atoms with van der Waals surface area (Å²) in [5, 5.41) is 3.06. The smallest absolute Gasteiger partial charge is 0.220 e. The summed E-state index contributed by atoms with van der Waals surface area (Å²) >= 11 is 0. The lowest BCUT2D eigenvalue weighted by molar-refractivity contribution is -0.121. The molecule has 0 aliphatic heterocycles. The number of benzene rings is 1.